The molecule has 29 heavy (non-hydrogen) atoms. The minimum Gasteiger partial charge on any atom is -0.494 e. The lowest BCUT2D eigenvalue weighted by Crippen LogP contribution is -2.28. The molecule has 1 saturated heterocycles. The van der Waals surface area contributed by atoms with E-state index in [1.165, 1.54) is 17.3 Å². The summed E-state index contributed by atoms with van der Waals surface area (Å²) in [7, 11) is 0. The Kier molecular flexibility index (Phi) is 7.69. The molecule has 152 valence electrons. The van der Waals surface area contributed by atoms with Crippen molar-refractivity contribution in [1.82, 2.24) is 5.32 Å². The summed E-state index contributed by atoms with van der Waals surface area (Å²) < 4.78 is 5.53. The second kappa shape index (κ2) is 10.7. The number of rotatable bonds is 9. The largest absolute Gasteiger partial charge is 0.494 e. The van der Waals surface area contributed by atoms with Gasteiger partial charge in [0, 0.05) is 18.7 Å². The van der Waals surface area contributed by atoms with Crippen LogP contribution < -0.4 is 15.4 Å². The van der Waals surface area contributed by atoms with E-state index in [0.29, 0.717) is 24.0 Å². The molecule has 2 aromatic carbocycles. The Balaban J connectivity index is 1.45. The van der Waals surface area contributed by atoms with Gasteiger partial charge in [0.05, 0.1) is 6.61 Å². The first-order chi connectivity index (χ1) is 14.1. The Morgan fingerprint density at radius 1 is 1.17 bits per heavy atom. The third kappa shape index (κ3) is 6.64. The van der Waals surface area contributed by atoms with Crippen LogP contribution in [0.3, 0.4) is 0 Å². The molecule has 6 nitrogen and oxygen atoms in total. The van der Waals surface area contributed by atoms with Gasteiger partial charge in [-0.25, -0.2) is 0 Å². The van der Waals surface area contributed by atoms with E-state index >= 15 is 0 Å². The van der Waals surface area contributed by atoms with Crippen LogP contribution >= 0.6 is 11.8 Å². The number of hydrogen-bond acceptors (Lipinski definition) is 5. The topological polar surface area (TPSA) is 79.8 Å². The normalized spacial score (nSPS) is 17.2. The molecule has 0 bridgehead atoms. The number of amidine groups is 1. The lowest BCUT2D eigenvalue weighted by Gasteiger charge is -2.09. The van der Waals surface area contributed by atoms with Gasteiger partial charge in [0.2, 0.25) is 11.8 Å². The number of thioether (sulfide) groups is 1. The number of aliphatic imine (C=N–C) groups is 1. The van der Waals surface area contributed by atoms with Gasteiger partial charge in [-0.1, -0.05) is 49.0 Å². The molecule has 0 spiro atoms. The van der Waals surface area contributed by atoms with Gasteiger partial charge in [-0.2, -0.15) is 0 Å². The number of carbonyl (C=O) groups excluding carboxylic acids is 2. The minimum atomic E-state index is -0.461. The first-order valence-corrected chi connectivity index (χ1v) is 10.6. The van der Waals surface area contributed by atoms with Gasteiger partial charge in [0.25, 0.3) is 0 Å². The zero-order chi connectivity index (χ0) is 20.5. The fraction of sp³-hybridized carbons (Fsp3) is 0.318. The van der Waals surface area contributed by atoms with Crippen LogP contribution in [-0.2, 0) is 16.0 Å². The van der Waals surface area contributed by atoms with Gasteiger partial charge in [0.1, 0.15) is 11.0 Å². The van der Waals surface area contributed by atoms with E-state index in [-0.39, 0.29) is 18.2 Å². The number of hydrogen-bond donors (Lipinski definition) is 2. The molecule has 2 N–H and O–H groups in total. The van der Waals surface area contributed by atoms with Gasteiger partial charge < -0.3 is 15.4 Å². The van der Waals surface area contributed by atoms with Crippen molar-refractivity contribution in [3.63, 3.8) is 0 Å². The zero-order valence-corrected chi connectivity index (χ0v) is 17.2. The summed E-state index contributed by atoms with van der Waals surface area (Å²) in [6.45, 7) is 3.30. The zero-order valence-electron chi connectivity index (χ0n) is 16.4. The molecule has 1 heterocycles. The van der Waals surface area contributed by atoms with E-state index in [4.69, 9.17) is 4.74 Å². The lowest BCUT2D eigenvalue weighted by molar-refractivity contribution is -0.122. The Labute approximate surface area is 175 Å². The number of amides is 2. The summed E-state index contributed by atoms with van der Waals surface area (Å²) in [4.78, 5) is 28.9. The van der Waals surface area contributed by atoms with Gasteiger partial charge in [-0.05, 0) is 42.7 Å². The Bertz CT molecular complexity index is 853. The fourth-order valence-electron chi connectivity index (χ4n) is 2.78. The Morgan fingerprint density at radius 3 is 2.66 bits per heavy atom. The van der Waals surface area contributed by atoms with E-state index in [9.17, 15) is 9.59 Å². The second-order valence-corrected chi connectivity index (χ2v) is 7.83. The molecule has 1 atom stereocenters. The van der Waals surface area contributed by atoms with Crippen LogP contribution in [0.1, 0.15) is 25.3 Å². The number of anilines is 1. The molecule has 0 unspecified atom stereocenters. The molecule has 1 fully saturated rings. The van der Waals surface area contributed by atoms with Crippen LogP contribution in [0.4, 0.5) is 5.69 Å². The molecule has 3 rings (SSSR count). The summed E-state index contributed by atoms with van der Waals surface area (Å²) in [6, 6.07) is 17.3. The molecular weight excluding hydrogens is 386 g/mol. The predicted molar refractivity (Wildman–Crippen MR) is 117 cm³/mol. The van der Waals surface area contributed by atoms with Gasteiger partial charge >= 0.3 is 0 Å². The maximum Gasteiger partial charge on any atom is 0.240 e. The molecule has 0 radical (unpaired) electrons. The highest BCUT2D eigenvalue weighted by Gasteiger charge is 2.31. The molecule has 2 aromatic rings. The molecular formula is C22H25N3O3S. The third-order valence-electron chi connectivity index (χ3n) is 4.26. The summed E-state index contributed by atoms with van der Waals surface area (Å²) in [5.41, 5.74) is 1.88. The van der Waals surface area contributed by atoms with E-state index in [2.05, 4.69) is 27.8 Å². The maximum atomic E-state index is 12.3. The molecule has 0 aromatic heterocycles. The summed E-state index contributed by atoms with van der Waals surface area (Å²) in [5.74, 6) is 0.393. The lowest BCUT2D eigenvalue weighted by atomic mass is 10.2. The maximum absolute atomic E-state index is 12.3. The smallest absolute Gasteiger partial charge is 0.240 e. The van der Waals surface area contributed by atoms with E-state index in [1.54, 1.807) is 12.1 Å². The van der Waals surface area contributed by atoms with Crippen molar-refractivity contribution in [3.05, 3.63) is 60.2 Å². The van der Waals surface area contributed by atoms with Crippen molar-refractivity contribution in [2.75, 3.05) is 18.5 Å². The standard InChI is InChI=1S/C22H25N3O3S/c1-2-14-28-18-10-8-17(9-11-18)24-20(26)15-19-21(27)25-22(29-19)23-13-12-16-6-4-3-5-7-16/h3-11,19H,2,12-15H2,1H3,(H,24,26)(H,23,25,27)/t19-/m0/s1. The first-order valence-electron chi connectivity index (χ1n) is 9.72. The molecule has 1 aliphatic rings. The van der Waals surface area contributed by atoms with Crippen molar-refractivity contribution in [2.24, 2.45) is 4.99 Å². The van der Waals surface area contributed by atoms with Crippen LogP contribution in [0.5, 0.6) is 5.75 Å². The predicted octanol–water partition coefficient (Wildman–Crippen LogP) is 3.63. The Hall–Kier alpha value is -2.80. The molecule has 0 aliphatic carbocycles. The minimum absolute atomic E-state index is 0.0995. The van der Waals surface area contributed by atoms with E-state index in [1.807, 2.05) is 37.3 Å². The highest BCUT2D eigenvalue weighted by atomic mass is 32.2. The molecule has 2 amide bonds. The van der Waals surface area contributed by atoms with E-state index in [0.717, 1.165) is 18.6 Å². The van der Waals surface area contributed by atoms with Gasteiger partial charge in [-0.3, -0.25) is 14.6 Å². The van der Waals surface area contributed by atoms with Crippen LogP contribution in [0.2, 0.25) is 0 Å². The van der Waals surface area contributed by atoms with Gasteiger partial charge in [-0.15, -0.1) is 0 Å². The number of benzene rings is 2. The number of ether oxygens (including phenoxy) is 1. The average molecular weight is 412 g/mol. The molecule has 1 aliphatic heterocycles. The highest BCUT2D eigenvalue weighted by Crippen LogP contribution is 2.23. The summed E-state index contributed by atoms with van der Waals surface area (Å²) in [6.07, 6.45) is 1.85. The quantitative estimate of drug-likeness (QED) is 0.660. The van der Waals surface area contributed by atoms with Crippen molar-refractivity contribution >= 4 is 34.4 Å². The molecule has 0 saturated carbocycles. The average Bonchev–Trinajstić information content (AvgIpc) is 3.07. The monoisotopic (exact) mass is 411 g/mol. The number of carbonyl (C=O) groups is 2. The summed E-state index contributed by atoms with van der Waals surface area (Å²) >= 11 is 1.31. The van der Waals surface area contributed by atoms with Gasteiger partial charge in [0.15, 0.2) is 5.17 Å². The number of nitrogens with zero attached hydrogens (tertiary/aromatic N) is 1. The van der Waals surface area contributed by atoms with E-state index < -0.39 is 5.25 Å². The highest BCUT2D eigenvalue weighted by molar-refractivity contribution is 8.15. The fourth-order valence-corrected chi connectivity index (χ4v) is 3.78. The summed E-state index contributed by atoms with van der Waals surface area (Å²) in [5, 5.41) is 5.71. The van der Waals surface area contributed by atoms with Crippen LogP contribution in [0.15, 0.2) is 59.6 Å². The second-order valence-electron chi connectivity index (χ2n) is 6.64. The van der Waals surface area contributed by atoms with Crippen molar-refractivity contribution < 1.29 is 14.3 Å². The SMILES string of the molecule is CCCOc1ccc(NC(=O)C[C@@H]2SC(=NCCc3ccccc3)NC2=O)cc1. The van der Waals surface area contributed by atoms with Crippen molar-refractivity contribution in [2.45, 2.75) is 31.4 Å². The Morgan fingerprint density at radius 2 is 1.93 bits per heavy atom. The van der Waals surface area contributed by atoms with Crippen molar-refractivity contribution in [1.29, 1.82) is 0 Å². The van der Waals surface area contributed by atoms with Crippen LogP contribution in [-0.4, -0.2) is 35.4 Å². The van der Waals surface area contributed by atoms with Crippen LogP contribution in [0.25, 0.3) is 0 Å². The molecule has 7 heteroatoms. The first kappa shape index (κ1) is 20.9. The number of nitrogens with one attached hydrogen (secondary N) is 2. The third-order valence-corrected chi connectivity index (χ3v) is 5.38. The van der Waals surface area contributed by atoms with Crippen LogP contribution in [0, 0.1) is 0 Å². The van der Waals surface area contributed by atoms with Crippen molar-refractivity contribution in [3.8, 4) is 5.75 Å².